The van der Waals surface area contributed by atoms with E-state index in [0.717, 1.165) is 57.1 Å². The fourth-order valence-electron chi connectivity index (χ4n) is 5.98. The van der Waals surface area contributed by atoms with Crippen LogP contribution < -0.4 is 0 Å². The first-order valence-corrected chi connectivity index (χ1v) is 10.6. The summed E-state index contributed by atoms with van der Waals surface area (Å²) in [5.41, 5.74) is 1.57. The van der Waals surface area contributed by atoms with Gasteiger partial charge in [-0.1, -0.05) is 33.1 Å². The standard InChI is InChI=1S/C21H32N4O2/c1-4-5-8-15-11-17(23-22-15)20(27)24-13-16-12-21(3)18(24)9-6-7-10-19(21)25(16)14(2)26/h11,16,18-19H,4-10,12-13H2,1-3H3,(H,22,23)/t16-,18+,19-,21+/m0/s1. The van der Waals surface area contributed by atoms with Crippen molar-refractivity contribution in [3.63, 3.8) is 0 Å². The van der Waals surface area contributed by atoms with Crippen LogP contribution in [-0.2, 0) is 11.2 Å². The van der Waals surface area contributed by atoms with E-state index in [4.69, 9.17) is 0 Å². The van der Waals surface area contributed by atoms with Crippen molar-refractivity contribution in [1.29, 1.82) is 0 Å². The normalized spacial score (nSPS) is 32.5. The molecule has 1 aromatic heterocycles. The van der Waals surface area contributed by atoms with E-state index in [0.29, 0.717) is 12.2 Å². The molecule has 148 valence electrons. The number of amides is 2. The molecule has 2 bridgehead atoms. The highest BCUT2D eigenvalue weighted by molar-refractivity contribution is 5.93. The molecule has 0 radical (unpaired) electrons. The van der Waals surface area contributed by atoms with E-state index in [1.807, 2.05) is 6.07 Å². The van der Waals surface area contributed by atoms with E-state index in [2.05, 4.69) is 33.8 Å². The van der Waals surface area contributed by atoms with Gasteiger partial charge in [0.15, 0.2) is 0 Å². The Bertz CT molecular complexity index is 730. The van der Waals surface area contributed by atoms with E-state index < -0.39 is 0 Å². The van der Waals surface area contributed by atoms with Crippen molar-refractivity contribution in [2.24, 2.45) is 5.41 Å². The molecular weight excluding hydrogens is 340 g/mol. The molecule has 3 aliphatic rings. The Kier molecular flexibility index (Phi) is 4.77. The lowest BCUT2D eigenvalue weighted by molar-refractivity contribution is -0.132. The van der Waals surface area contributed by atoms with Gasteiger partial charge in [-0.05, 0) is 38.2 Å². The first-order chi connectivity index (χ1) is 13.0. The summed E-state index contributed by atoms with van der Waals surface area (Å²) in [5.74, 6) is 0.186. The van der Waals surface area contributed by atoms with E-state index in [-0.39, 0.29) is 35.4 Å². The van der Waals surface area contributed by atoms with Crippen LogP contribution in [0.3, 0.4) is 0 Å². The molecule has 6 heteroatoms. The molecule has 6 nitrogen and oxygen atoms in total. The Hall–Kier alpha value is -1.85. The van der Waals surface area contributed by atoms with E-state index in [9.17, 15) is 9.59 Å². The smallest absolute Gasteiger partial charge is 0.274 e. The van der Waals surface area contributed by atoms with Gasteiger partial charge in [0, 0.05) is 36.7 Å². The van der Waals surface area contributed by atoms with Crippen LogP contribution >= 0.6 is 0 Å². The van der Waals surface area contributed by atoms with Crippen LogP contribution in [0.4, 0.5) is 0 Å². The SMILES string of the molecule is CCCCc1cc(C(=O)N2C[C@@H]3C[C@@]4(C)[C@H](CCCC[C@@H]24)N3C(C)=O)n[nH]1. The van der Waals surface area contributed by atoms with Gasteiger partial charge >= 0.3 is 0 Å². The minimum absolute atomic E-state index is 0.00208. The van der Waals surface area contributed by atoms with E-state index >= 15 is 0 Å². The van der Waals surface area contributed by atoms with Crippen molar-refractivity contribution in [1.82, 2.24) is 20.0 Å². The molecule has 2 amide bonds. The number of unbranched alkanes of at least 4 members (excludes halogenated alkanes) is 1. The molecule has 2 aliphatic heterocycles. The molecule has 0 aromatic carbocycles. The van der Waals surface area contributed by atoms with E-state index in [1.165, 1.54) is 0 Å². The van der Waals surface area contributed by atoms with Crippen LogP contribution in [0.25, 0.3) is 0 Å². The van der Waals surface area contributed by atoms with Gasteiger partial charge in [-0.25, -0.2) is 0 Å². The second kappa shape index (κ2) is 6.95. The lowest BCUT2D eigenvalue weighted by Crippen LogP contribution is -2.55. The van der Waals surface area contributed by atoms with Gasteiger partial charge in [0.05, 0.1) is 6.04 Å². The van der Waals surface area contributed by atoms with Crippen LogP contribution in [-0.4, -0.2) is 56.5 Å². The Labute approximate surface area is 161 Å². The number of hydrogen-bond donors (Lipinski definition) is 1. The molecule has 3 heterocycles. The number of H-pyrrole nitrogens is 1. The molecule has 2 saturated heterocycles. The first kappa shape index (κ1) is 18.5. The zero-order valence-corrected chi connectivity index (χ0v) is 16.8. The quantitative estimate of drug-likeness (QED) is 0.883. The topological polar surface area (TPSA) is 69.3 Å². The van der Waals surface area contributed by atoms with E-state index in [1.54, 1.807) is 6.92 Å². The number of nitrogens with zero attached hydrogens (tertiary/aromatic N) is 3. The number of fused-ring (bicyclic) bond motifs is 1. The summed E-state index contributed by atoms with van der Waals surface area (Å²) in [4.78, 5) is 29.9. The third-order valence-corrected chi connectivity index (χ3v) is 7.19. The molecule has 1 aromatic rings. The summed E-state index contributed by atoms with van der Waals surface area (Å²) in [6.45, 7) is 6.80. The van der Waals surface area contributed by atoms with Crippen molar-refractivity contribution >= 4 is 11.8 Å². The number of piperidine rings is 1. The second-order valence-electron chi connectivity index (χ2n) is 8.95. The van der Waals surface area contributed by atoms with Crippen LogP contribution in [0.5, 0.6) is 0 Å². The maximum Gasteiger partial charge on any atom is 0.274 e. The summed E-state index contributed by atoms with van der Waals surface area (Å²) in [6, 6.07) is 2.54. The van der Waals surface area contributed by atoms with Gasteiger partial charge in [-0.15, -0.1) is 0 Å². The summed E-state index contributed by atoms with van der Waals surface area (Å²) in [6.07, 6.45) is 8.53. The molecule has 27 heavy (non-hydrogen) atoms. The number of hydrogen-bond acceptors (Lipinski definition) is 3. The minimum Gasteiger partial charge on any atom is -0.335 e. The lowest BCUT2D eigenvalue weighted by atomic mass is 9.71. The average Bonchev–Trinajstić information content (AvgIpc) is 3.15. The molecule has 0 unspecified atom stereocenters. The van der Waals surface area contributed by atoms with Crippen molar-refractivity contribution in [2.45, 2.75) is 90.3 Å². The molecule has 4 rings (SSSR count). The van der Waals surface area contributed by atoms with Gasteiger partial charge < -0.3 is 9.80 Å². The number of carbonyl (C=O) groups excluding carboxylic acids is 2. The highest BCUT2D eigenvalue weighted by Crippen LogP contribution is 2.53. The van der Waals surface area contributed by atoms with Crippen molar-refractivity contribution in [2.75, 3.05) is 6.54 Å². The summed E-state index contributed by atoms with van der Waals surface area (Å²) >= 11 is 0. The van der Waals surface area contributed by atoms with Gasteiger partial charge in [-0.3, -0.25) is 14.7 Å². The van der Waals surface area contributed by atoms with Crippen LogP contribution in [0.1, 0.15) is 81.9 Å². The Morgan fingerprint density at radius 3 is 2.74 bits per heavy atom. The number of aromatic amines is 1. The molecule has 1 N–H and O–H groups in total. The van der Waals surface area contributed by atoms with Crippen LogP contribution in [0.15, 0.2) is 6.07 Å². The summed E-state index contributed by atoms with van der Waals surface area (Å²) in [7, 11) is 0. The fraction of sp³-hybridized carbons (Fsp3) is 0.762. The minimum atomic E-state index is 0.00208. The van der Waals surface area contributed by atoms with Gasteiger partial charge in [0.2, 0.25) is 5.91 Å². The second-order valence-corrected chi connectivity index (χ2v) is 8.95. The zero-order valence-electron chi connectivity index (χ0n) is 16.8. The van der Waals surface area contributed by atoms with Gasteiger partial charge in [-0.2, -0.15) is 5.10 Å². The Balaban J connectivity index is 1.63. The Morgan fingerprint density at radius 2 is 2.04 bits per heavy atom. The van der Waals surface area contributed by atoms with Crippen molar-refractivity contribution in [3.05, 3.63) is 17.5 Å². The van der Waals surface area contributed by atoms with Crippen molar-refractivity contribution < 1.29 is 9.59 Å². The number of rotatable bonds is 4. The average molecular weight is 373 g/mol. The van der Waals surface area contributed by atoms with Crippen LogP contribution in [0, 0.1) is 5.41 Å². The van der Waals surface area contributed by atoms with Gasteiger partial charge in [0.25, 0.3) is 5.91 Å². The van der Waals surface area contributed by atoms with Crippen molar-refractivity contribution in [3.8, 4) is 0 Å². The molecule has 0 spiro atoms. The summed E-state index contributed by atoms with van der Waals surface area (Å²) in [5, 5.41) is 7.37. The monoisotopic (exact) mass is 372 g/mol. The van der Waals surface area contributed by atoms with Gasteiger partial charge in [0.1, 0.15) is 5.69 Å². The summed E-state index contributed by atoms with van der Waals surface area (Å²) < 4.78 is 0. The molecule has 1 saturated carbocycles. The third kappa shape index (κ3) is 2.97. The highest BCUT2D eigenvalue weighted by Gasteiger charge is 2.60. The number of aryl methyl sites for hydroxylation is 1. The fourth-order valence-corrected chi connectivity index (χ4v) is 5.98. The predicted molar refractivity (Wildman–Crippen MR) is 103 cm³/mol. The number of nitrogens with one attached hydrogen (secondary N) is 1. The highest BCUT2D eigenvalue weighted by atomic mass is 16.2. The third-order valence-electron chi connectivity index (χ3n) is 7.19. The molecule has 3 fully saturated rings. The number of aromatic nitrogens is 2. The zero-order chi connectivity index (χ0) is 19.2. The number of likely N-dealkylation sites (tertiary alicyclic amines) is 2. The molecule has 4 atom stereocenters. The molecular formula is C21H32N4O2. The molecule has 1 aliphatic carbocycles. The maximum atomic E-state index is 13.4. The predicted octanol–water partition coefficient (Wildman–Crippen LogP) is 3.15. The van der Waals surface area contributed by atoms with Crippen LogP contribution in [0.2, 0.25) is 0 Å². The first-order valence-electron chi connectivity index (χ1n) is 10.6. The maximum absolute atomic E-state index is 13.4. The lowest BCUT2D eigenvalue weighted by Gasteiger charge is -2.46. The number of carbonyl (C=O) groups is 2. The largest absolute Gasteiger partial charge is 0.335 e. The Morgan fingerprint density at radius 1 is 1.30 bits per heavy atom.